The molecule has 1 aliphatic heterocycles. The lowest BCUT2D eigenvalue weighted by atomic mass is 10.2. The van der Waals surface area contributed by atoms with Gasteiger partial charge in [0.05, 0.1) is 0 Å². The van der Waals surface area contributed by atoms with E-state index in [1.54, 1.807) is 24.8 Å². The van der Waals surface area contributed by atoms with Gasteiger partial charge in [0.15, 0.2) is 5.82 Å². The molecule has 0 unspecified atom stereocenters. The van der Waals surface area contributed by atoms with Crippen molar-refractivity contribution in [2.24, 2.45) is 0 Å². The number of aromatic amines is 1. The summed E-state index contributed by atoms with van der Waals surface area (Å²) in [5.74, 6) is 0.386. The van der Waals surface area contributed by atoms with E-state index in [0.29, 0.717) is 18.9 Å². The van der Waals surface area contributed by atoms with Crippen molar-refractivity contribution in [2.75, 3.05) is 31.1 Å². The van der Waals surface area contributed by atoms with Crippen LogP contribution < -0.4 is 4.90 Å². The molecule has 2 N–H and O–H groups in total. The quantitative estimate of drug-likeness (QED) is 0.782. The molecule has 8 nitrogen and oxygen atoms in total. The molecule has 0 bridgehead atoms. The fourth-order valence-corrected chi connectivity index (χ4v) is 2.25. The van der Waals surface area contributed by atoms with Gasteiger partial charge in [-0.2, -0.15) is 0 Å². The van der Waals surface area contributed by atoms with Gasteiger partial charge in [0.2, 0.25) is 0 Å². The van der Waals surface area contributed by atoms with Gasteiger partial charge in [-0.3, -0.25) is 14.6 Å². The van der Waals surface area contributed by atoms with Crippen LogP contribution in [0, 0.1) is 0 Å². The Morgan fingerprint density at radius 2 is 1.82 bits per heavy atom. The molecule has 2 aromatic heterocycles. The second-order valence-corrected chi connectivity index (χ2v) is 4.53. The van der Waals surface area contributed by atoms with Crippen molar-refractivity contribution in [3.8, 4) is 0 Å². The number of anilines is 1. The lowest BCUT2D eigenvalue weighted by Gasteiger charge is -2.35. The second-order valence-electron chi connectivity index (χ2n) is 4.53. The highest BCUT2D eigenvalue weighted by Gasteiger charge is 2.23. The summed E-state index contributed by atoms with van der Waals surface area (Å²) in [7, 11) is 0. The Bertz CT molecular complexity index is 580. The van der Waals surface area contributed by atoms with Gasteiger partial charge in [-0.05, 0) is 12.1 Å². The number of nitrogens with one attached hydrogen (secondary N) is 1. The number of aromatic nitrogens is 3. The fourth-order valence-electron chi connectivity index (χ4n) is 2.25. The van der Waals surface area contributed by atoms with Gasteiger partial charge in [-0.1, -0.05) is 0 Å². The van der Waals surface area contributed by atoms with E-state index < -0.39 is 0 Å². The van der Waals surface area contributed by atoms with Crippen molar-refractivity contribution >= 4 is 18.1 Å². The normalized spacial score (nSPS) is 14.0. The number of H-pyrrole nitrogens is 1. The molecule has 1 aliphatic rings. The van der Waals surface area contributed by atoms with E-state index in [-0.39, 0.29) is 12.4 Å². The van der Waals surface area contributed by atoms with Crippen molar-refractivity contribution in [3.05, 3.63) is 42.7 Å². The summed E-state index contributed by atoms with van der Waals surface area (Å²) in [4.78, 5) is 35.4. The van der Waals surface area contributed by atoms with Crippen LogP contribution in [-0.2, 0) is 4.79 Å². The second kappa shape index (κ2) is 7.77. The van der Waals surface area contributed by atoms with Crippen molar-refractivity contribution in [2.45, 2.75) is 0 Å². The number of piperazine rings is 1. The standard InChI is InChI=1S/C13H15N5O.CH2O2/c19-13(12-15-5-6-16-12)18-9-7-17(8-10-18)11-1-3-14-4-2-11;2-1-3/h1-6H,7-10H2,(H,15,16);1H,(H,2,3). The van der Waals surface area contributed by atoms with Gasteiger partial charge < -0.3 is 19.9 Å². The monoisotopic (exact) mass is 303 g/mol. The van der Waals surface area contributed by atoms with Crippen LogP contribution in [0.15, 0.2) is 36.9 Å². The molecule has 0 saturated carbocycles. The molecule has 0 atom stereocenters. The van der Waals surface area contributed by atoms with E-state index in [0.717, 1.165) is 18.8 Å². The average molecular weight is 303 g/mol. The van der Waals surface area contributed by atoms with Crippen LogP contribution >= 0.6 is 0 Å². The lowest BCUT2D eigenvalue weighted by molar-refractivity contribution is -0.122. The predicted octanol–water partition coefficient (Wildman–Crippen LogP) is 0.468. The zero-order valence-electron chi connectivity index (χ0n) is 11.9. The minimum Gasteiger partial charge on any atom is -0.483 e. The van der Waals surface area contributed by atoms with E-state index in [4.69, 9.17) is 9.90 Å². The Morgan fingerprint density at radius 3 is 2.36 bits per heavy atom. The molecule has 1 fully saturated rings. The summed E-state index contributed by atoms with van der Waals surface area (Å²) in [6.45, 7) is 2.83. The fraction of sp³-hybridized carbons (Fsp3) is 0.286. The number of carboxylic acid groups (broad SMARTS) is 1. The maximum atomic E-state index is 12.1. The first-order valence-corrected chi connectivity index (χ1v) is 6.77. The highest BCUT2D eigenvalue weighted by molar-refractivity contribution is 5.90. The third kappa shape index (κ3) is 3.81. The van der Waals surface area contributed by atoms with Crippen molar-refractivity contribution in [1.82, 2.24) is 19.9 Å². The van der Waals surface area contributed by atoms with Crippen LogP contribution in [0.1, 0.15) is 10.6 Å². The molecule has 0 spiro atoms. The van der Waals surface area contributed by atoms with E-state index in [9.17, 15) is 4.79 Å². The molecule has 1 amide bonds. The van der Waals surface area contributed by atoms with Gasteiger partial charge in [-0.15, -0.1) is 0 Å². The van der Waals surface area contributed by atoms with Crippen LogP contribution in [0.25, 0.3) is 0 Å². The van der Waals surface area contributed by atoms with E-state index in [1.807, 2.05) is 17.0 Å². The summed E-state index contributed by atoms with van der Waals surface area (Å²) < 4.78 is 0. The minimum absolute atomic E-state index is 0.0284. The summed E-state index contributed by atoms with van der Waals surface area (Å²) in [6, 6.07) is 3.98. The van der Waals surface area contributed by atoms with Crippen LogP contribution in [0.2, 0.25) is 0 Å². The zero-order chi connectivity index (χ0) is 15.8. The Morgan fingerprint density at radius 1 is 1.18 bits per heavy atom. The third-order valence-electron chi connectivity index (χ3n) is 3.30. The summed E-state index contributed by atoms with van der Waals surface area (Å²) in [6.07, 6.45) is 6.84. The van der Waals surface area contributed by atoms with E-state index in [1.165, 1.54) is 0 Å². The first-order valence-electron chi connectivity index (χ1n) is 6.77. The Hall–Kier alpha value is -2.90. The van der Waals surface area contributed by atoms with Crippen molar-refractivity contribution in [3.63, 3.8) is 0 Å². The Balaban J connectivity index is 0.000000545. The first-order chi connectivity index (χ1) is 10.8. The molecule has 8 heteroatoms. The van der Waals surface area contributed by atoms with Crippen molar-refractivity contribution in [1.29, 1.82) is 0 Å². The number of hydrogen-bond acceptors (Lipinski definition) is 5. The smallest absolute Gasteiger partial charge is 0.290 e. The van der Waals surface area contributed by atoms with Gasteiger partial charge >= 0.3 is 0 Å². The molecule has 1 saturated heterocycles. The average Bonchev–Trinajstić information content (AvgIpc) is 3.10. The van der Waals surface area contributed by atoms with Gasteiger partial charge in [0, 0.05) is 56.7 Å². The topological polar surface area (TPSA) is 102 Å². The molecule has 2 aromatic rings. The van der Waals surface area contributed by atoms with Crippen molar-refractivity contribution < 1.29 is 14.7 Å². The maximum absolute atomic E-state index is 12.1. The summed E-state index contributed by atoms with van der Waals surface area (Å²) >= 11 is 0. The van der Waals surface area contributed by atoms with Crippen LogP contribution in [0.4, 0.5) is 5.69 Å². The first kappa shape index (κ1) is 15.5. The number of carbonyl (C=O) groups excluding carboxylic acids is 1. The molecular formula is C14H17N5O3. The molecule has 0 aromatic carbocycles. The van der Waals surface area contributed by atoms with E-state index >= 15 is 0 Å². The number of amides is 1. The van der Waals surface area contributed by atoms with Gasteiger partial charge in [0.25, 0.3) is 12.4 Å². The number of nitrogens with zero attached hydrogens (tertiary/aromatic N) is 4. The SMILES string of the molecule is O=C(c1ncc[nH]1)N1CCN(c2ccncc2)CC1.O=CO. The molecule has 3 heterocycles. The van der Waals surface area contributed by atoms with Crippen LogP contribution in [0.5, 0.6) is 0 Å². The predicted molar refractivity (Wildman–Crippen MR) is 79.6 cm³/mol. The Kier molecular flexibility index (Phi) is 5.47. The number of pyridine rings is 1. The molecule has 3 rings (SSSR count). The number of imidazole rings is 1. The molecule has 116 valence electrons. The largest absolute Gasteiger partial charge is 0.483 e. The summed E-state index contributed by atoms with van der Waals surface area (Å²) in [5.41, 5.74) is 1.15. The number of hydrogen-bond donors (Lipinski definition) is 2. The van der Waals surface area contributed by atoms with Crippen LogP contribution in [0.3, 0.4) is 0 Å². The summed E-state index contributed by atoms with van der Waals surface area (Å²) in [5, 5.41) is 6.89. The lowest BCUT2D eigenvalue weighted by Crippen LogP contribution is -2.49. The number of rotatable bonds is 2. The number of carbonyl (C=O) groups is 2. The highest BCUT2D eigenvalue weighted by atomic mass is 16.3. The van der Waals surface area contributed by atoms with Gasteiger partial charge in [0.1, 0.15) is 0 Å². The maximum Gasteiger partial charge on any atom is 0.290 e. The Labute approximate surface area is 127 Å². The molecule has 0 radical (unpaired) electrons. The molecular weight excluding hydrogens is 286 g/mol. The third-order valence-corrected chi connectivity index (χ3v) is 3.30. The highest BCUT2D eigenvalue weighted by Crippen LogP contribution is 2.15. The van der Waals surface area contributed by atoms with E-state index in [2.05, 4.69) is 19.9 Å². The van der Waals surface area contributed by atoms with Crippen LogP contribution in [-0.4, -0.2) is 63.5 Å². The van der Waals surface area contributed by atoms with Gasteiger partial charge in [-0.25, -0.2) is 4.98 Å². The molecule has 22 heavy (non-hydrogen) atoms. The molecule has 0 aliphatic carbocycles. The zero-order valence-corrected chi connectivity index (χ0v) is 11.9. The minimum atomic E-state index is -0.250.